The van der Waals surface area contributed by atoms with E-state index in [0.717, 1.165) is 16.8 Å². The molecule has 22 heavy (non-hydrogen) atoms. The predicted octanol–water partition coefficient (Wildman–Crippen LogP) is 4.49. The summed E-state index contributed by atoms with van der Waals surface area (Å²) in [5.74, 6) is 1.72. The van der Waals surface area contributed by atoms with Crippen LogP contribution in [0.25, 0.3) is 0 Å². The first-order valence-corrected chi connectivity index (χ1v) is 8.04. The molecule has 0 atom stereocenters. The number of rotatable bonds is 5. The van der Waals surface area contributed by atoms with E-state index >= 15 is 0 Å². The quantitative estimate of drug-likeness (QED) is 0.706. The largest absolute Gasteiger partial charge is 0.508 e. The molecule has 0 saturated heterocycles. The lowest BCUT2D eigenvalue weighted by Gasteiger charge is -2.18. The number of para-hydroxylation sites is 2. The molecule has 3 rings (SSSR count). The van der Waals surface area contributed by atoms with Crippen molar-refractivity contribution >= 4 is 13.7 Å². The van der Waals surface area contributed by atoms with Crippen LogP contribution < -0.4 is 14.4 Å². The molecule has 0 amide bonds. The van der Waals surface area contributed by atoms with Crippen molar-refractivity contribution in [1.82, 2.24) is 0 Å². The molecular formula is C18H15O3P. The third kappa shape index (κ3) is 3.78. The molecule has 0 aromatic heterocycles. The molecule has 0 spiro atoms. The van der Waals surface area contributed by atoms with Crippen LogP contribution in [0.2, 0.25) is 0 Å². The number of hydrogen-bond donors (Lipinski definition) is 1. The van der Waals surface area contributed by atoms with E-state index in [-0.39, 0.29) is 5.75 Å². The minimum Gasteiger partial charge on any atom is -0.508 e. The Morgan fingerprint density at radius 3 is 1.50 bits per heavy atom. The van der Waals surface area contributed by atoms with Crippen LogP contribution in [0.4, 0.5) is 0 Å². The fraction of sp³-hybridized carbons (Fsp3) is 0. The van der Waals surface area contributed by atoms with Crippen molar-refractivity contribution in [2.75, 3.05) is 0 Å². The summed E-state index contributed by atoms with van der Waals surface area (Å²) in [5, 5.41) is 10.3. The summed E-state index contributed by atoms with van der Waals surface area (Å²) in [4.78, 5) is 0. The first-order valence-electron chi connectivity index (χ1n) is 6.86. The highest BCUT2D eigenvalue weighted by Crippen LogP contribution is 2.39. The summed E-state index contributed by atoms with van der Waals surface area (Å²) in [6, 6.07) is 26.0. The van der Waals surface area contributed by atoms with E-state index in [1.807, 2.05) is 72.8 Å². The highest BCUT2D eigenvalue weighted by Gasteiger charge is 2.18. The molecule has 4 heteroatoms. The average Bonchev–Trinajstić information content (AvgIpc) is 2.57. The predicted molar refractivity (Wildman–Crippen MR) is 88.8 cm³/mol. The summed E-state index contributed by atoms with van der Waals surface area (Å²) in [7, 11) is -1.33. The van der Waals surface area contributed by atoms with Crippen LogP contribution in [0.15, 0.2) is 84.9 Å². The van der Waals surface area contributed by atoms with Gasteiger partial charge in [0.2, 0.25) is 0 Å². The van der Waals surface area contributed by atoms with Crippen molar-refractivity contribution in [3.8, 4) is 17.2 Å². The van der Waals surface area contributed by atoms with Gasteiger partial charge in [0, 0.05) is 0 Å². The number of phenols is 1. The van der Waals surface area contributed by atoms with Crippen LogP contribution in [-0.4, -0.2) is 5.11 Å². The highest BCUT2D eigenvalue weighted by atomic mass is 31.2. The second-order valence-corrected chi connectivity index (χ2v) is 5.98. The van der Waals surface area contributed by atoms with Gasteiger partial charge in [-0.1, -0.05) is 36.4 Å². The second-order valence-electron chi connectivity index (χ2n) is 4.58. The van der Waals surface area contributed by atoms with Crippen molar-refractivity contribution in [3.63, 3.8) is 0 Å². The Hall–Kier alpha value is -2.51. The maximum absolute atomic E-state index is 9.44. The van der Waals surface area contributed by atoms with Crippen molar-refractivity contribution in [1.29, 1.82) is 0 Å². The molecule has 0 radical (unpaired) electrons. The molecule has 3 nitrogen and oxygen atoms in total. The lowest BCUT2D eigenvalue weighted by molar-refractivity contribution is 0.475. The molecule has 1 N–H and O–H groups in total. The molecule has 0 aliphatic heterocycles. The van der Waals surface area contributed by atoms with Crippen molar-refractivity contribution < 1.29 is 14.2 Å². The van der Waals surface area contributed by atoms with Crippen LogP contribution in [0.1, 0.15) is 0 Å². The summed E-state index contributed by atoms with van der Waals surface area (Å²) < 4.78 is 12.0. The molecule has 3 aromatic carbocycles. The van der Waals surface area contributed by atoms with Crippen LogP contribution in [0.3, 0.4) is 0 Å². The van der Waals surface area contributed by atoms with E-state index in [4.69, 9.17) is 9.05 Å². The zero-order valence-electron chi connectivity index (χ0n) is 11.8. The topological polar surface area (TPSA) is 38.7 Å². The number of benzene rings is 3. The van der Waals surface area contributed by atoms with Gasteiger partial charge >= 0.3 is 8.38 Å². The van der Waals surface area contributed by atoms with E-state index in [1.54, 1.807) is 12.1 Å². The summed E-state index contributed by atoms with van der Waals surface area (Å²) in [6.07, 6.45) is 0. The Balaban J connectivity index is 1.86. The van der Waals surface area contributed by atoms with E-state index in [0.29, 0.717) is 0 Å². The van der Waals surface area contributed by atoms with E-state index in [2.05, 4.69) is 0 Å². The highest BCUT2D eigenvalue weighted by molar-refractivity contribution is 7.56. The van der Waals surface area contributed by atoms with Crippen molar-refractivity contribution in [2.45, 2.75) is 0 Å². The molecule has 0 bridgehead atoms. The monoisotopic (exact) mass is 310 g/mol. The fourth-order valence-electron chi connectivity index (χ4n) is 1.85. The molecule has 0 heterocycles. The molecule has 0 fully saturated rings. The molecule has 0 aliphatic rings. The van der Waals surface area contributed by atoms with Gasteiger partial charge < -0.3 is 14.2 Å². The van der Waals surface area contributed by atoms with Crippen LogP contribution in [0, 0.1) is 0 Å². The molecule has 3 aromatic rings. The van der Waals surface area contributed by atoms with Gasteiger partial charge in [-0.15, -0.1) is 0 Å². The Bertz CT molecular complexity index is 658. The minimum absolute atomic E-state index is 0.220. The zero-order chi connectivity index (χ0) is 15.2. The number of hydrogen-bond acceptors (Lipinski definition) is 3. The third-order valence-corrected chi connectivity index (χ3v) is 4.40. The van der Waals surface area contributed by atoms with Crippen molar-refractivity contribution in [2.24, 2.45) is 0 Å². The molecular weight excluding hydrogens is 295 g/mol. The van der Waals surface area contributed by atoms with E-state index < -0.39 is 8.38 Å². The average molecular weight is 310 g/mol. The molecule has 0 aliphatic carbocycles. The van der Waals surface area contributed by atoms with Gasteiger partial charge in [-0.3, -0.25) is 0 Å². The Labute approximate surface area is 130 Å². The number of aromatic hydroxyl groups is 1. The van der Waals surface area contributed by atoms with Crippen molar-refractivity contribution in [3.05, 3.63) is 84.9 Å². The standard InChI is InChI=1S/C18H15O3P/c19-15-11-13-18(14-12-15)22(20-16-7-3-1-4-8-16)21-17-9-5-2-6-10-17/h1-14,19H. The Kier molecular flexibility index (Phi) is 4.57. The SMILES string of the molecule is Oc1ccc(P(Oc2ccccc2)Oc2ccccc2)cc1. The van der Waals surface area contributed by atoms with Gasteiger partial charge in [0.25, 0.3) is 0 Å². The summed E-state index contributed by atoms with van der Waals surface area (Å²) in [6.45, 7) is 0. The maximum atomic E-state index is 9.44. The van der Waals surface area contributed by atoms with Gasteiger partial charge in [0.1, 0.15) is 17.2 Å². The third-order valence-electron chi connectivity index (χ3n) is 2.92. The number of phenolic OH excluding ortho intramolecular Hbond substituents is 1. The van der Waals surface area contributed by atoms with Gasteiger partial charge in [-0.05, 0) is 48.5 Å². The van der Waals surface area contributed by atoms with Gasteiger partial charge in [-0.25, -0.2) is 0 Å². The fourth-order valence-corrected chi connectivity index (χ4v) is 3.12. The molecule has 0 saturated carbocycles. The first-order chi connectivity index (χ1) is 10.8. The lowest BCUT2D eigenvalue weighted by Crippen LogP contribution is -2.09. The normalized spacial score (nSPS) is 10.4. The Morgan fingerprint density at radius 2 is 1.05 bits per heavy atom. The van der Waals surface area contributed by atoms with Gasteiger partial charge in [-0.2, -0.15) is 0 Å². The second kappa shape index (κ2) is 6.97. The van der Waals surface area contributed by atoms with Crippen LogP contribution >= 0.6 is 8.38 Å². The zero-order valence-corrected chi connectivity index (χ0v) is 12.7. The summed E-state index contributed by atoms with van der Waals surface area (Å²) >= 11 is 0. The first kappa shape index (κ1) is 14.4. The van der Waals surface area contributed by atoms with Crippen LogP contribution in [0.5, 0.6) is 17.2 Å². The van der Waals surface area contributed by atoms with E-state index in [1.165, 1.54) is 0 Å². The van der Waals surface area contributed by atoms with Crippen LogP contribution in [-0.2, 0) is 0 Å². The van der Waals surface area contributed by atoms with Gasteiger partial charge in [0.15, 0.2) is 0 Å². The molecule has 0 unspecified atom stereocenters. The van der Waals surface area contributed by atoms with E-state index in [9.17, 15) is 5.11 Å². The Morgan fingerprint density at radius 1 is 0.591 bits per heavy atom. The maximum Gasteiger partial charge on any atom is 0.326 e. The molecule has 110 valence electrons. The lowest BCUT2D eigenvalue weighted by atomic mass is 10.3. The summed E-state index contributed by atoms with van der Waals surface area (Å²) in [5.41, 5.74) is 0. The van der Waals surface area contributed by atoms with Gasteiger partial charge in [0.05, 0.1) is 5.30 Å². The smallest absolute Gasteiger partial charge is 0.326 e. The minimum atomic E-state index is -1.33.